The molecule has 8 heteroatoms. The Hall–Kier alpha value is -3.42. The van der Waals surface area contributed by atoms with Crippen molar-refractivity contribution in [2.24, 2.45) is 0 Å². The smallest absolute Gasteiger partial charge is 0.291 e. The Labute approximate surface area is 130 Å². The Balaban J connectivity index is 1.82. The van der Waals surface area contributed by atoms with Crippen molar-refractivity contribution in [2.75, 3.05) is 12.4 Å². The number of aromatic amines is 1. The number of H-pyrrole nitrogens is 1. The van der Waals surface area contributed by atoms with Crippen molar-refractivity contribution in [1.82, 2.24) is 15.2 Å². The van der Waals surface area contributed by atoms with Crippen molar-refractivity contribution >= 4 is 11.6 Å². The molecule has 0 aliphatic rings. The normalized spacial score (nSPS) is 10.3. The van der Waals surface area contributed by atoms with Gasteiger partial charge in [0.05, 0.1) is 7.11 Å². The number of hydrogen-bond donors (Lipinski definition) is 2. The number of hydrogen-bond acceptors (Lipinski definition) is 6. The first kappa shape index (κ1) is 14.5. The van der Waals surface area contributed by atoms with E-state index >= 15 is 0 Å². The van der Waals surface area contributed by atoms with Gasteiger partial charge in [0.25, 0.3) is 5.91 Å². The molecule has 0 aliphatic heterocycles. The highest BCUT2D eigenvalue weighted by molar-refractivity contribution is 6.02. The summed E-state index contributed by atoms with van der Waals surface area (Å²) >= 11 is 0. The number of nitrogens with zero attached hydrogens (tertiary/aromatic N) is 2. The molecule has 116 valence electrons. The van der Waals surface area contributed by atoms with E-state index in [0.717, 1.165) is 17.9 Å². The summed E-state index contributed by atoms with van der Waals surface area (Å²) in [5, 5.41) is 9.17. The number of anilines is 1. The van der Waals surface area contributed by atoms with Crippen molar-refractivity contribution in [3.8, 4) is 17.1 Å². The minimum atomic E-state index is -0.542. The van der Waals surface area contributed by atoms with E-state index in [-0.39, 0.29) is 11.5 Å². The SMILES string of the molecule is COc1coc(C(=O)Nc2cccc(-c3ncn[nH]3)c2)cc1=O. The summed E-state index contributed by atoms with van der Waals surface area (Å²) in [6, 6.07) is 8.09. The predicted octanol–water partition coefficient (Wildman–Crippen LogP) is 1.69. The molecule has 0 aliphatic carbocycles. The van der Waals surface area contributed by atoms with Gasteiger partial charge in [-0.25, -0.2) is 4.98 Å². The average molecular weight is 312 g/mol. The Morgan fingerprint density at radius 3 is 2.91 bits per heavy atom. The zero-order valence-electron chi connectivity index (χ0n) is 12.1. The van der Waals surface area contributed by atoms with Gasteiger partial charge in [0, 0.05) is 17.3 Å². The highest BCUT2D eigenvalue weighted by Crippen LogP contribution is 2.19. The molecule has 0 atom stereocenters. The van der Waals surface area contributed by atoms with Crippen molar-refractivity contribution < 1.29 is 13.9 Å². The number of amides is 1. The van der Waals surface area contributed by atoms with E-state index in [1.807, 2.05) is 6.07 Å². The predicted molar refractivity (Wildman–Crippen MR) is 81.3 cm³/mol. The van der Waals surface area contributed by atoms with E-state index in [1.54, 1.807) is 18.2 Å². The van der Waals surface area contributed by atoms with Crippen LogP contribution in [-0.4, -0.2) is 28.2 Å². The monoisotopic (exact) mass is 312 g/mol. The molecule has 0 saturated heterocycles. The number of aromatic nitrogens is 3. The van der Waals surface area contributed by atoms with Gasteiger partial charge in [0.15, 0.2) is 11.6 Å². The van der Waals surface area contributed by atoms with E-state index in [2.05, 4.69) is 20.5 Å². The summed E-state index contributed by atoms with van der Waals surface area (Å²) in [7, 11) is 1.35. The maximum absolute atomic E-state index is 12.1. The van der Waals surface area contributed by atoms with Crippen LogP contribution in [0.5, 0.6) is 5.75 Å². The molecule has 0 unspecified atom stereocenters. The van der Waals surface area contributed by atoms with Crippen LogP contribution in [0.25, 0.3) is 11.4 Å². The minimum Gasteiger partial charge on any atom is -0.490 e. The second kappa shape index (κ2) is 6.14. The lowest BCUT2D eigenvalue weighted by Crippen LogP contribution is -2.15. The standard InChI is InChI=1S/C15H12N4O4/c1-22-13-7-23-12(6-11(13)20)15(21)18-10-4-2-3-9(5-10)14-16-8-17-19-14/h2-8H,1H3,(H,18,21)(H,16,17,19). The van der Waals surface area contributed by atoms with Gasteiger partial charge in [-0.3, -0.25) is 14.7 Å². The third kappa shape index (κ3) is 3.10. The summed E-state index contributed by atoms with van der Waals surface area (Å²) in [6.07, 6.45) is 2.49. The molecule has 1 aromatic carbocycles. The minimum absolute atomic E-state index is 0.0360. The topological polar surface area (TPSA) is 110 Å². The van der Waals surface area contributed by atoms with Crippen molar-refractivity contribution in [3.05, 3.63) is 58.9 Å². The maximum Gasteiger partial charge on any atom is 0.291 e. The highest BCUT2D eigenvalue weighted by Gasteiger charge is 2.12. The Morgan fingerprint density at radius 1 is 1.35 bits per heavy atom. The van der Waals surface area contributed by atoms with E-state index in [9.17, 15) is 9.59 Å². The number of carbonyl (C=O) groups is 1. The number of rotatable bonds is 4. The Morgan fingerprint density at radius 2 is 2.22 bits per heavy atom. The Bertz CT molecular complexity index is 886. The van der Waals surface area contributed by atoms with Crippen LogP contribution in [0.4, 0.5) is 5.69 Å². The number of benzene rings is 1. The van der Waals surface area contributed by atoms with Crippen LogP contribution in [0.1, 0.15) is 10.6 Å². The summed E-state index contributed by atoms with van der Waals surface area (Å²) < 4.78 is 9.90. The maximum atomic E-state index is 12.1. The van der Waals surface area contributed by atoms with Crippen LogP contribution in [0, 0.1) is 0 Å². The molecule has 3 rings (SSSR count). The Kier molecular flexibility index (Phi) is 3.88. The van der Waals surface area contributed by atoms with Crippen molar-refractivity contribution in [1.29, 1.82) is 0 Å². The molecular formula is C15H12N4O4. The molecule has 0 bridgehead atoms. The third-order valence-electron chi connectivity index (χ3n) is 3.05. The number of carbonyl (C=O) groups excluding carboxylic acids is 1. The lowest BCUT2D eigenvalue weighted by molar-refractivity contribution is 0.0993. The third-order valence-corrected chi connectivity index (χ3v) is 3.05. The van der Waals surface area contributed by atoms with E-state index in [4.69, 9.17) is 9.15 Å². The van der Waals surface area contributed by atoms with E-state index in [0.29, 0.717) is 11.5 Å². The largest absolute Gasteiger partial charge is 0.490 e. The van der Waals surface area contributed by atoms with Gasteiger partial charge in [0.2, 0.25) is 11.2 Å². The fourth-order valence-electron chi connectivity index (χ4n) is 1.95. The number of nitrogens with one attached hydrogen (secondary N) is 2. The van der Waals surface area contributed by atoms with Gasteiger partial charge in [-0.05, 0) is 12.1 Å². The second-order valence-corrected chi connectivity index (χ2v) is 4.55. The number of ether oxygens (including phenoxy) is 1. The fourth-order valence-corrected chi connectivity index (χ4v) is 1.95. The molecular weight excluding hydrogens is 300 g/mol. The summed E-state index contributed by atoms with van der Waals surface area (Å²) in [5.74, 6) is -0.0358. The lowest BCUT2D eigenvalue weighted by Gasteiger charge is -2.06. The van der Waals surface area contributed by atoms with Crippen LogP contribution < -0.4 is 15.5 Å². The fraction of sp³-hybridized carbons (Fsp3) is 0.0667. The van der Waals surface area contributed by atoms with Gasteiger partial charge in [-0.1, -0.05) is 12.1 Å². The van der Waals surface area contributed by atoms with Gasteiger partial charge in [-0.2, -0.15) is 5.10 Å². The van der Waals surface area contributed by atoms with Crippen LogP contribution >= 0.6 is 0 Å². The van der Waals surface area contributed by atoms with Crippen molar-refractivity contribution in [2.45, 2.75) is 0 Å². The second-order valence-electron chi connectivity index (χ2n) is 4.55. The zero-order valence-corrected chi connectivity index (χ0v) is 12.1. The summed E-state index contributed by atoms with van der Waals surface area (Å²) in [6.45, 7) is 0. The molecule has 0 spiro atoms. The van der Waals surface area contributed by atoms with Gasteiger partial charge in [-0.15, -0.1) is 0 Å². The van der Waals surface area contributed by atoms with E-state index < -0.39 is 11.3 Å². The molecule has 0 fully saturated rings. The molecule has 0 radical (unpaired) electrons. The van der Waals surface area contributed by atoms with Gasteiger partial charge >= 0.3 is 0 Å². The summed E-state index contributed by atoms with van der Waals surface area (Å²) in [4.78, 5) is 27.8. The van der Waals surface area contributed by atoms with Gasteiger partial charge < -0.3 is 14.5 Å². The number of methoxy groups -OCH3 is 1. The van der Waals surface area contributed by atoms with E-state index in [1.165, 1.54) is 13.4 Å². The lowest BCUT2D eigenvalue weighted by atomic mass is 10.2. The van der Waals surface area contributed by atoms with Crippen LogP contribution in [-0.2, 0) is 0 Å². The van der Waals surface area contributed by atoms with Crippen LogP contribution in [0.15, 0.2) is 52.1 Å². The first-order valence-corrected chi connectivity index (χ1v) is 6.61. The average Bonchev–Trinajstić information content (AvgIpc) is 3.09. The van der Waals surface area contributed by atoms with Crippen LogP contribution in [0.2, 0.25) is 0 Å². The molecule has 1 amide bonds. The molecule has 3 aromatic rings. The molecule has 8 nitrogen and oxygen atoms in total. The highest BCUT2D eigenvalue weighted by atomic mass is 16.5. The molecule has 23 heavy (non-hydrogen) atoms. The van der Waals surface area contributed by atoms with Crippen LogP contribution in [0.3, 0.4) is 0 Å². The zero-order chi connectivity index (χ0) is 16.2. The van der Waals surface area contributed by atoms with Gasteiger partial charge in [0.1, 0.15) is 12.6 Å². The molecule has 2 heterocycles. The molecule has 2 aromatic heterocycles. The first-order chi connectivity index (χ1) is 11.2. The molecule has 0 saturated carbocycles. The first-order valence-electron chi connectivity index (χ1n) is 6.61. The summed E-state index contributed by atoms with van der Waals surface area (Å²) in [5.41, 5.74) is 0.859. The van der Waals surface area contributed by atoms with Crippen molar-refractivity contribution in [3.63, 3.8) is 0 Å². The quantitative estimate of drug-likeness (QED) is 0.758. The molecule has 2 N–H and O–H groups in total.